The van der Waals surface area contributed by atoms with E-state index in [4.69, 9.17) is 4.74 Å². The second-order valence-electron chi connectivity index (χ2n) is 4.19. The molecule has 0 aromatic carbocycles. The highest BCUT2D eigenvalue weighted by atomic mass is 32.1. The van der Waals surface area contributed by atoms with E-state index in [-0.39, 0.29) is 30.4 Å². The highest BCUT2D eigenvalue weighted by molar-refractivity contribution is 7.10. The summed E-state index contributed by atoms with van der Waals surface area (Å²) in [5, 5.41) is 4.75. The average molecular weight is 253 g/mol. The molecule has 0 radical (unpaired) electrons. The number of hydrogen-bond acceptors (Lipinski definition) is 4. The normalized spacial score (nSPS) is 16.3. The number of amides is 1. The molecule has 1 aromatic heterocycles. The molecule has 2 rings (SSSR count). The lowest BCUT2D eigenvalue weighted by Gasteiger charge is -2.12. The van der Waals surface area contributed by atoms with E-state index in [2.05, 4.69) is 5.32 Å². The van der Waals surface area contributed by atoms with Crippen LogP contribution >= 0.6 is 11.3 Å². The topological polar surface area (TPSA) is 55.4 Å². The van der Waals surface area contributed by atoms with Crippen LogP contribution in [0.5, 0.6) is 0 Å². The number of carbonyl (C=O) groups is 2. The minimum atomic E-state index is -0.250. The Kier molecular flexibility index (Phi) is 3.78. The molecule has 0 saturated heterocycles. The molecule has 1 aromatic rings. The summed E-state index contributed by atoms with van der Waals surface area (Å²) in [7, 11) is 0. The summed E-state index contributed by atoms with van der Waals surface area (Å²) in [6.07, 6.45) is 1.79. The number of esters is 1. The summed E-state index contributed by atoms with van der Waals surface area (Å²) in [6.45, 7) is 1.73. The van der Waals surface area contributed by atoms with Gasteiger partial charge in [0.25, 0.3) is 5.91 Å². The summed E-state index contributed by atoms with van der Waals surface area (Å²) < 4.78 is 4.90. The van der Waals surface area contributed by atoms with Crippen LogP contribution in [-0.2, 0) is 14.3 Å². The minimum Gasteiger partial charge on any atom is -0.455 e. The number of nitrogens with one attached hydrogen (secondary N) is 1. The van der Waals surface area contributed by atoms with Gasteiger partial charge < -0.3 is 10.1 Å². The van der Waals surface area contributed by atoms with Crippen molar-refractivity contribution in [2.24, 2.45) is 5.92 Å². The Morgan fingerprint density at radius 1 is 1.59 bits per heavy atom. The van der Waals surface area contributed by atoms with Crippen molar-refractivity contribution in [1.82, 2.24) is 5.32 Å². The van der Waals surface area contributed by atoms with Crippen molar-refractivity contribution in [2.45, 2.75) is 25.8 Å². The van der Waals surface area contributed by atoms with Crippen LogP contribution in [0.15, 0.2) is 17.5 Å². The quantitative estimate of drug-likeness (QED) is 0.815. The van der Waals surface area contributed by atoms with Gasteiger partial charge in [-0.05, 0) is 31.2 Å². The van der Waals surface area contributed by atoms with E-state index in [1.54, 1.807) is 11.3 Å². The Balaban J connectivity index is 1.71. The van der Waals surface area contributed by atoms with Crippen LogP contribution in [0.3, 0.4) is 0 Å². The smallest absolute Gasteiger partial charge is 0.309 e. The fourth-order valence-corrected chi connectivity index (χ4v) is 2.20. The van der Waals surface area contributed by atoms with Crippen LogP contribution in [0.25, 0.3) is 0 Å². The number of thiophene rings is 1. The van der Waals surface area contributed by atoms with Gasteiger partial charge in [0.15, 0.2) is 6.61 Å². The lowest BCUT2D eigenvalue weighted by atomic mass is 10.3. The van der Waals surface area contributed by atoms with Crippen molar-refractivity contribution in [3.05, 3.63) is 22.4 Å². The maximum absolute atomic E-state index is 11.5. The second-order valence-corrected chi connectivity index (χ2v) is 5.17. The van der Waals surface area contributed by atoms with Crippen molar-refractivity contribution in [3.8, 4) is 0 Å². The van der Waals surface area contributed by atoms with E-state index in [1.165, 1.54) is 0 Å². The summed E-state index contributed by atoms with van der Waals surface area (Å²) in [5.41, 5.74) is 0. The lowest BCUT2D eigenvalue weighted by Crippen LogP contribution is -2.31. The standard InChI is InChI=1S/C12H15NO3S/c1-8(10-3-2-6-17-10)13-11(14)7-16-12(15)9-4-5-9/h2-3,6,8-9H,4-5,7H2,1H3,(H,13,14)/t8-/m1/s1. The first kappa shape index (κ1) is 12.1. The highest BCUT2D eigenvalue weighted by Gasteiger charge is 2.31. The van der Waals surface area contributed by atoms with Crippen molar-refractivity contribution in [1.29, 1.82) is 0 Å². The first-order valence-corrected chi connectivity index (χ1v) is 6.54. The van der Waals surface area contributed by atoms with Gasteiger partial charge in [-0.25, -0.2) is 0 Å². The Bertz CT molecular complexity index is 398. The molecule has 0 bridgehead atoms. The largest absolute Gasteiger partial charge is 0.455 e. The van der Waals surface area contributed by atoms with Gasteiger partial charge in [-0.2, -0.15) is 0 Å². The fraction of sp³-hybridized carbons (Fsp3) is 0.500. The van der Waals surface area contributed by atoms with Crippen LogP contribution in [-0.4, -0.2) is 18.5 Å². The predicted molar refractivity (Wildman–Crippen MR) is 64.6 cm³/mol. The maximum Gasteiger partial charge on any atom is 0.309 e. The van der Waals surface area contributed by atoms with E-state index in [9.17, 15) is 9.59 Å². The zero-order valence-corrected chi connectivity index (χ0v) is 10.5. The summed E-state index contributed by atoms with van der Waals surface area (Å²) in [6, 6.07) is 3.86. The minimum absolute atomic E-state index is 0.0394. The van der Waals surface area contributed by atoms with Crippen LogP contribution < -0.4 is 5.32 Å². The van der Waals surface area contributed by atoms with Crippen LogP contribution in [0, 0.1) is 5.92 Å². The molecule has 1 aliphatic rings. The van der Waals surface area contributed by atoms with Crippen molar-refractivity contribution in [2.75, 3.05) is 6.61 Å². The third-order valence-corrected chi connectivity index (χ3v) is 3.66. The molecule has 1 fully saturated rings. The molecule has 4 nitrogen and oxygen atoms in total. The molecular formula is C12H15NO3S. The van der Waals surface area contributed by atoms with E-state index in [0.717, 1.165) is 17.7 Å². The van der Waals surface area contributed by atoms with Gasteiger partial charge in [0.1, 0.15) is 0 Å². The molecule has 1 N–H and O–H groups in total. The van der Waals surface area contributed by atoms with Gasteiger partial charge in [0.05, 0.1) is 12.0 Å². The molecule has 5 heteroatoms. The number of ether oxygens (including phenoxy) is 1. The molecule has 92 valence electrons. The summed E-state index contributed by atoms with van der Waals surface area (Å²) >= 11 is 1.59. The molecule has 0 spiro atoms. The van der Waals surface area contributed by atoms with Crippen LogP contribution in [0.4, 0.5) is 0 Å². The van der Waals surface area contributed by atoms with E-state index in [0.29, 0.717) is 0 Å². The summed E-state index contributed by atoms with van der Waals surface area (Å²) in [4.78, 5) is 23.8. The average Bonchev–Trinajstić information content (AvgIpc) is 3.01. The van der Waals surface area contributed by atoms with Gasteiger partial charge in [-0.3, -0.25) is 9.59 Å². The Hall–Kier alpha value is -1.36. The van der Waals surface area contributed by atoms with E-state index < -0.39 is 0 Å². The number of hydrogen-bond donors (Lipinski definition) is 1. The Labute approximate surface area is 104 Å². The molecule has 1 heterocycles. The van der Waals surface area contributed by atoms with Crippen LogP contribution in [0.1, 0.15) is 30.7 Å². The van der Waals surface area contributed by atoms with Gasteiger partial charge >= 0.3 is 5.97 Å². The molecule has 1 amide bonds. The van der Waals surface area contributed by atoms with Gasteiger partial charge in [-0.15, -0.1) is 11.3 Å². The van der Waals surface area contributed by atoms with Gasteiger partial charge in [0.2, 0.25) is 0 Å². The number of rotatable bonds is 5. The highest BCUT2D eigenvalue weighted by Crippen LogP contribution is 2.29. The predicted octanol–water partition coefficient (Wildman–Crippen LogP) is 1.88. The Morgan fingerprint density at radius 2 is 2.35 bits per heavy atom. The van der Waals surface area contributed by atoms with E-state index >= 15 is 0 Å². The second kappa shape index (κ2) is 5.31. The van der Waals surface area contributed by atoms with Crippen molar-refractivity contribution < 1.29 is 14.3 Å². The molecular weight excluding hydrogens is 238 g/mol. The van der Waals surface area contributed by atoms with Gasteiger partial charge in [0, 0.05) is 4.88 Å². The van der Waals surface area contributed by atoms with E-state index in [1.807, 2.05) is 24.4 Å². The zero-order chi connectivity index (χ0) is 12.3. The molecule has 1 aliphatic carbocycles. The first-order valence-electron chi connectivity index (χ1n) is 5.66. The SMILES string of the molecule is C[C@@H](NC(=O)COC(=O)C1CC1)c1cccs1. The molecule has 0 unspecified atom stereocenters. The Morgan fingerprint density at radius 3 is 2.94 bits per heavy atom. The van der Waals surface area contributed by atoms with Gasteiger partial charge in [-0.1, -0.05) is 6.07 Å². The summed E-state index contributed by atoms with van der Waals surface area (Å²) in [5.74, 6) is -0.457. The van der Waals surface area contributed by atoms with Crippen molar-refractivity contribution >= 4 is 23.2 Å². The van der Waals surface area contributed by atoms with Crippen LogP contribution in [0.2, 0.25) is 0 Å². The third kappa shape index (κ3) is 3.56. The third-order valence-electron chi connectivity index (χ3n) is 2.60. The maximum atomic E-state index is 11.5. The molecule has 0 aliphatic heterocycles. The first-order chi connectivity index (χ1) is 8.16. The molecule has 17 heavy (non-hydrogen) atoms. The number of carbonyl (C=O) groups excluding carboxylic acids is 2. The molecule has 1 saturated carbocycles. The van der Waals surface area contributed by atoms with Crippen molar-refractivity contribution in [3.63, 3.8) is 0 Å². The zero-order valence-electron chi connectivity index (χ0n) is 9.64. The molecule has 1 atom stereocenters. The fourth-order valence-electron chi connectivity index (χ4n) is 1.47. The lowest BCUT2D eigenvalue weighted by molar-refractivity contribution is -0.149. The monoisotopic (exact) mass is 253 g/mol.